The summed E-state index contributed by atoms with van der Waals surface area (Å²) in [5.74, 6) is 0.629. The highest BCUT2D eigenvalue weighted by Gasteiger charge is 2.35. The molecule has 6 nitrogen and oxygen atoms in total. The summed E-state index contributed by atoms with van der Waals surface area (Å²) in [6.07, 6.45) is -2.27. The molecule has 3 N–H and O–H groups in total. The second kappa shape index (κ2) is 8.22. The minimum Gasteiger partial charge on any atom is -0.367 e. The molecule has 1 atom stereocenters. The fourth-order valence-electron chi connectivity index (χ4n) is 4.05. The molecule has 9 heteroatoms. The first-order valence-electron chi connectivity index (χ1n) is 10.4. The van der Waals surface area contributed by atoms with Crippen molar-refractivity contribution in [3.8, 4) is 16.9 Å². The van der Waals surface area contributed by atoms with E-state index in [-0.39, 0.29) is 23.1 Å². The minimum absolute atomic E-state index is 0.0617. The molecule has 0 bridgehead atoms. The van der Waals surface area contributed by atoms with Crippen molar-refractivity contribution in [2.75, 3.05) is 5.32 Å². The number of rotatable bonds is 6. The summed E-state index contributed by atoms with van der Waals surface area (Å²) >= 11 is 0. The van der Waals surface area contributed by atoms with Crippen LogP contribution >= 0.6 is 0 Å². The molecule has 168 valence electrons. The zero-order valence-electron chi connectivity index (χ0n) is 17.9. The maximum absolute atomic E-state index is 13.9. The zero-order chi connectivity index (χ0) is 23.0. The van der Waals surface area contributed by atoms with Gasteiger partial charge >= 0.3 is 11.9 Å². The van der Waals surface area contributed by atoms with Gasteiger partial charge in [-0.05, 0) is 43.5 Å². The molecule has 1 unspecified atom stereocenters. The largest absolute Gasteiger partial charge is 0.417 e. The van der Waals surface area contributed by atoms with E-state index < -0.39 is 17.4 Å². The Balaban J connectivity index is 1.96. The van der Waals surface area contributed by atoms with Gasteiger partial charge in [0.25, 0.3) is 0 Å². The van der Waals surface area contributed by atoms with Gasteiger partial charge in [-0.25, -0.2) is 9.78 Å². The molecule has 0 fully saturated rings. The summed E-state index contributed by atoms with van der Waals surface area (Å²) in [5, 5.41) is 3.22. The third kappa shape index (κ3) is 4.15. The Bertz CT molecular complexity index is 1300. The van der Waals surface area contributed by atoms with Gasteiger partial charge in [-0.15, -0.1) is 0 Å². The molecule has 0 aliphatic heterocycles. The van der Waals surface area contributed by atoms with Crippen LogP contribution in [0.1, 0.15) is 32.8 Å². The Morgan fingerprint density at radius 3 is 2.59 bits per heavy atom. The van der Waals surface area contributed by atoms with Gasteiger partial charge in [0, 0.05) is 11.6 Å². The Morgan fingerprint density at radius 2 is 1.88 bits per heavy atom. The van der Waals surface area contributed by atoms with Crippen LogP contribution in [0.5, 0.6) is 0 Å². The number of benzene rings is 2. The number of anilines is 1. The number of aromatic amines is 2. The maximum atomic E-state index is 13.9. The molecule has 4 aromatic rings. The minimum atomic E-state index is -4.58. The molecule has 2 aromatic heterocycles. The van der Waals surface area contributed by atoms with Gasteiger partial charge in [-0.2, -0.15) is 13.2 Å². The van der Waals surface area contributed by atoms with Gasteiger partial charge in [0.05, 0.1) is 34.3 Å². The first-order chi connectivity index (χ1) is 15.1. The molecule has 0 aliphatic carbocycles. The van der Waals surface area contributed by atoms with Gasteiger partial charge in [0.2, 0.25) is 0 Å². The molecule has 0 spiro atoms. The highest BCUT2D eigenvalue weighted by Crippen LogP contribution is 2.39. The van der Waals surface area contributed by atoms with Crippen LogP contribution in [0, 0.1) is 5.92 Å². The molecule has 2 aromatic carbocycles. The third-order valence-corrected chi connectivity index (χ3v) is 5.26. The number of imidazole rings is 2. The zero-order valence-corrected chi connectivity index (χ0v) is 17.9. The van der Waals surface area contributed by atoms with Crippen LogP contribution in [0.2, 0.25) is 0 Å². The van der Waals surface area contributed by atoms with E-state index in [4.69, 9.17) is 0 Å². The van der Waals surface area contributed by atoms with E-state index >= 15 is 0 Å². The van der Waals surface area contributed by atoms with Crippen LogP contribution in [0.3, 0.4) is 0 Å². The number of nitrogens with zero attached hydrogens (tertiary/aromatic N) is 2. The molecular formula is C23H24F3N5O. The van der Waals surface area contributed by atoms with Crippen LogP contribution in [0.25, 0.3) is 28.0 Å². The van der Waals surface area contributed by atoms with E-state index in [2.05, 4.69) is 34.1 Å². The Morgan fingerprint density at radius 1 is 1.12 bits per heavy atom. The number of aromatic nitrogens is 4. The topological polar surface area (TPSA) is 78.5 Å². The van der Waals surface area contributed by atoms with Gasteiger partial charge in [0.1, 0.15) is 5.82 Å². The van der Waals surface area contributed by atoms with Crippen LogP contribution in [0.4, 0.5) is 19.0 Å². The molecule has 32 heavy (non-hydrogen) atoms. The van der Waals surface area contributed by atoms with E-state index in [0.29, 0.717) is 22.6 Å². The molecule has 0 saturated heterocycles. The van der Waals surface area contributed by atoms with Crippen molar-refractivity contribution in [1.82, 2.24) is 19.5 Å². The summed E-state index contributed by atoms with van der Waals surface area (Å²) in [7, 11) is 0. The lowest BCUT2D eigenvalue weighted by atomic mass is 10.0. The molecule has 0 radical (unpaired) electrons. The lowest BCUT2D eigenvalue weighted by Crippen LogP contribution is -2.18. The van der Waals surface area contributed by atoms with Gasteiger partial charge in [-0.3, -0.25) is 9.55 Å². The second-order valence-corrected chi connectivity index (χ2v) is 8.31. The van der Waals surface area contributed by atoms with Crippen LogP contribution < -0.4 is 11.0 Å². The fraction of sp³-hybridized carbons (Fsp3) is 0.304. The van der Waals surface area contributed by atoms with E-state index in [1.807, 2.05) is 6.92 Å². The van der Waals surface area contributed by atoms with E-state index in [9.17, 15) is 18.0 Å². The molecular weight excluding hydrogens is 419 g/mol. The Hall–Kier alpha value is -3.49. The highest BCUT2D eigenvalue weighted by atomic mass is 19.4. The number of nitrogens with one attached hydrogen (secondary N) is 3. The number of H-pyrrole nitrogens is 2. The van der Waals surface area contributed by atoms with Crippen molar-refractivity contribution in [3.05, 3.63) is 64.8 Å². The standard InChI is InChI=1S/C23H24F3N5O/c1-13(2)10-14(3)29-21-20(16-6-4-5-7-17(16)23(24,25)26)31(22(32)30-21)15-8-9-18-19(11-15)28-12-27-18/h4-9,11-14,29H,10H2,1-3H3,(H,27,28)(H,30,32). The number of alkyl halides is 3. The van der Waals surface area contributed by atoms with Crippen LogP contribution in [-0.2, 0) is 6.18 Å². The number of hydrogen-bond donors (Lipinski definition) is 3. The highest BCUT2D eigenvalue weighted by molar-refractivity contribution is 5.80. The lowest BCUT2D eigenvalue weighted by molar-refractivity contribution is -0.137. The Labute approximate surface area is 182 Å². The molecule has 0 amide bonds. The quantitative estimate of drug-likeness (QED) is 0.364. The molecule has 2 heterocycles. The predicted molar refractivity (Wildman–Crippen MR) is 119 cm³/mol. The summed E-state index contributed by atoms with van der Waals surface area (Å²) in [4.78, 5) is 22.9. The monoisotopic (exact) mass is 443 g/mol. The van der Waals surface area contributed by atoms with E-state index in [1.54, 1.807) is 18.2 Å². The van der Waals surface area contributed by atoms with Crippen LogP contribution in [0.15, 0.2) is 53.6 Å². The maximum Gasteiger partial charge on any atom is 0.417 e. The van der Waals surface area contributed by atoms with Gasteiger partial charge < -0.3 is 10.3 Å². The van der Waals surface area contributed by atoms with Crippen molar-refractivity contribution in [2.24, 2.45) is 5.92 Å². The van der Waals surface area contributed by atoms with Crippen molar-refractivity contribution in [1.29, 1.82) is 0 Å². The third-order valence-electron chi connectivity index (χ3n) is 5.26. The smallest absolute Gasteiger partial charge is 0.367 e. The number of halogens is 3. The van der Waals surface area contributed by atoms with Crippen molar-refractivity contribution in [2.45, 2.75) is 39.4 Å². The van der Waals surface area contributed by atoms with Gasteiger partial charge in [0.15, 0.2) is 0 Å². The normalized spacial score (nSPS) is 13.1. The summed E-state index contributed by atoms with van der Waals surface area (Å²) in [5.41, 5.74) is 0.510. The summed E-state index contributed by atoms with van der Waals surface area (Å²) in [6, 6.07) is 10.3. The van der Waals surface area contributed by atoms with Crippen LogP contribution in [-0.4, -0.2) is 25.6 Å². The first-order valence-corrected chi connectivity index (χ1v) is 10.4. The van der Waals surface area contributed by atoms with E-state index in [0.717, 1.165) is 12.5 Å². The molecule has 0 aliphatic rings. The number of hydrogen-bond acceptors (Lipinski definition) is 3. The van der Waals surface area contributed by atoms with E-state index in [1.165, 1.54) is 29.1 Å². The molecule has 0 saturated carbocycles. The lowest BCUT2D eigenvalue weighted by Gasteiger charge is -2.19. The predicted octanol–water partition coefficient (Wildman–Crippen LogP) is 5.57. The summed E-state index contributed by atoms with van der Waals surface area (Å²) in [6.45, 7) is 6.06. The van der Waals surface area contributed by atoms with Crippen molar-refractivity contribution in [3.63, 3.8) is 0 Å². The molecule has 4 rings (SSSR count). The van der Waals surface area contributed by atoms with Gasteiger partial charge in [-0.1, -0.05) is 32.0 Å². The Kier molecular flexibility index (Phi) is 5.58. The summed E-state index contributed by atoms with van der Waals surface area (Å²) < 4.78 is 42.9. The average molecular weight is 443 g/mol. The van der Waals surface area contributed by atoms with Crippen molar-refractivity contribution >= 4 is 16.9 Å². The SMILES string of the molecule is CC(C)CC(C)Nc1[nH]c(=O)n(-c2ccc3nc[nH]c3c2)c1-c1ccccc1C(F)(F)F. The second-order valence-electron chi connectivity index (χ2n) is 8.31. The van der Waals surface area contributed by atoms with Crippen molar-refractivity contribution < 1.29 is 13.2 Å². The average Bonchev–Trinajstić information content (AvgIpc) is 3.29. The first kappa shape index (κ1) is 21.7. The fourth-order valence-corrected chi connectivity index (χ4v) is 4.05. The number of fused-ring (bicyclic) bond motifs is 1.